The molecule has 5 heteroatoms. The molecule has 0 aliphatic rings. The van der Waals surface area contributed by atoms with E-state index in [1.165, 1.54) is 0 Å². The summed E-state index contributed by atoms with van der Waals surface area (Å²) in [5.74, 6) is 0.383. The van der Waals surface area contributed by atoms with E-state index < -0.39 is 0 Å². The van der Waals surface area contributed by atoms with Crippen LogP contribution in [0.5, 0.6) is 0 Å². The second-order valence-electron chi connectivity index (χ2n) is 2.98. The van der Waals surface area contributed by atoms with Crippen LogP contribution in [0.3, 0.4) is 0 Å². The quantitative estimate of drug-likeness (QED) is 0.752. The third kappa shape index (κ3) is 1.92. The van der Waals surface area contributed by atoms with Gasteiger partial charge in [-0.15, -0.1) is 0 Å². The molecule has 1 aromatic heterocycles. The molecular formula is C10H9N3O2. The van der Waals surface area contributed by atoms with Crippen LogP contribution in [0.2, 0.25) is 0 Å². The minimum atomic E-state index is -0.0205. The third-order valence-electron chi connectivity index (χ3n) is 1.99. The Labute approximate surface area is 85.9 Å². The van der Waals surface area contributed by atoms with Gasteiger partial charge in [-0.2, -0.15) is 4.98 Å². The smallest absolute Gasteiger partial charge is 0.291 e. The molecule has 0 aliphatic carbocycles. The molecule has 0 saturated heterocycles. The predicted molar refractivity (Wildman–Crippen MR) is 53.0 cm³/mol. The lowest BCUT2D eigenvalue weighted by Crippen LogP contribution is -1.95. The Bertz CT molecular complexity index is 462. The standard InChI is InChI=1S/C10H9N3O2/c11-5-7-1-3-8(4-2-7)10-12-9(6-14)15-13-10/h1-4,6H,5,11H2. The number of aldehydes is 1. The zero-order valence-corrected chi connectivity index (χ0v) is 7.88. The number of aromatic nitrogens is 2. The monoisotopic (exact) mass is 203 g/mol. The van der Waals surface area contributed by atoms with Gasteiger partial charge in [0, 0.05) is 12.1 Å². The second-order valence-corrected chi connectivity index (χ2v) is 2.98. The number of hydrogen-bond donors (Lipinski definition) is 1. The Morgan fingerprint density at radius 2 is 2.07 bits per heavy atom. The first kappa shape index (κ1) is 9.54. The van der Waals surface area contributed by atoms with Crippen molar-refractivity contribution in [1.82, 2.24) is 10.1 Å². The molecule has 0 amide bonds. The summed E-state index contributed by atoms with van der Waals surface area (Å²) in [5.41, 5.74) is 7.29. The van der Waals surface area contributed by atoms with Crippen molar-refractivity contribution >= 4 is 6.29 Å². The van der Waals surface area contributed by atoms with Crippen LogP contribution < -0.4 is 5.73 Å². The number of hydrogen-bond acceptors (Lipinski definition) is 5. The largest absolute Gasteiger partial charge is 0.331 e. The number of nitrogens with zero attached hydrogens (tertiary/aromatic N) is 2. The molecule has 2 rings (SSSR count). The highest BCUT2D eigenvalue weighted by atomic mass is 16.5. The zero-order chi connectivity index (χ0) is 10.7. The summed E-state index contributed by atoms with van der Waals surface area (Å²) in [6.45, 7) is 0.492. The van der Waals surface area contributed by atoms with Crippen LogP contribution in [0.1, 0.15) is 16.2 Å². The van der Waals surface area contributed by atoms with E-state index in [4.69, 9.17) is 5.73 Å². The fourth-order valence-corrected chi connectivity index (χ4v) is 1.19. The van der Waals surface area contributed by atoms with Gasteiger partial charge >= 0.3 is 0 Å². The number of nitrogens with two attached hydrogens (primary N) is 1. The number of carbonyl (C=O) groups is 1. The Morgan fingerprint density at radius 3 is 2.60 bits per heavy atom. The summed E-state index contributed by atoms with van der Waals surface area (Å²) in [6, 6.07) is 7.43. The molecule has 0 bridgehead atoms. The van der Waals surface area contributed by atoms with Gasteiger partial charge in [-0.3, -0.25) is 4.79 Å². The first-order chi connectivity index (χ1) is 7.33. The van der Waals surface area contributed by atoms with Crippen molar-refractivity contribution in [2.45, 2.75) is 6.54 Å². The van der Waals surface area contributed by atoms with E-state index in [1.807, 2.05) is 24.3 Å². The molecule has 0 unspecified atom stereocenters. The van der Waals surface area contributed by atoms with E-state index in [1.54, 1.807) is 0 Å². The van der Waals surface area contributed by atoms with Gasteiger partial charge in [-0.1, -0.05) is 29.4 Å². The van der Waals surface area contributed by atoms with E-state index in [2.05, 4.69) is 14.7 Å². The van der Waals surface area contributed by atoms with Crippen molar-refractivity contribution in [3.63, 3.8) is 0 Å². The second kappa shape index (κ2) is 4.02. The van der Waals surface area contributed by atoms with Gasteiger partial charge in [-0.05, 0) is 5.56 Å². The van der Waals surface area contributed by atoms with Gasteiger partial charge in [0.1, 0.15) is 0 Å². The molecule has 2 aromatic rings. The van der Waals surface area contributed by atoms with Crippen LogP contribution in [-0.2, 0) is 6.54 Å². The fraction of sp³-hybridized carbons (Fsp3) is 0.100. The lowest BCUT2D eigenvalue weighted by atomic mass is 10.1. The van der Waals surface area contributed by atoms with Gasteiger partial charge in [0.15, 0.2) is 0 Å². The summed E-state index contributed by atoms with van der Waals surface area (Å²) in [6.07, 6.45) is 0.519. The van der Waals surface area contributed by atoms with E-state index in [0.29, 0.717) is 18.7 Å². The minimum Gasteiger partial charge on any atom is -0.331 e. The molecule has 0 radical (unpaired) electrons. The van der Waals surface area contributed by atoms with Crippen LogP contribution in [0, 0.1) is 0 Å². The summed E-state index contributed by atoms with van der Waals surface area (Å²) >= 11 is 0. The minimum absolute atomic E-state index is 0.0205. The molecule has 76 valence electrons. The summed E-state index contributed by atoms with van der Waals surface area (Å²) in [7, 11) is 0. The van der Waals surface area contributed by atoms with E-state index >= 15 is 0 Å². The first-order valence-electron chi connectivity index (χ1n) is 4.42. The van der Waals surface area contributed by atoms with Gasteiger partial charge in [0.05, 0.1) is 0 Å². The van der Waals surface area contributed by atoms with Gasteiger partial charge < -0.3 is 10.3 Å². The number of carbonyl (C=O) groups excluding carboxylic acids is 1. The number of benzene rings is 1. The lowest BCUT2D eigenvalue weighted by molar-refractivity contribution is 0.108. The highest BCUT2D eigenvalue weighted by molar-refractivity contribution is 5.68. The molecule has 1 aromatic carbocycles. The van der Waals surface area contributed by atoms with Crippen LogP contribution in [0.15, 0.2) is 28.8 Å². The van der Waals surface area contributed by atoms with Crippen LogP contribution in [0.4, 0.5) is 0 Å². The van der Waals surface area contributed by atoms with Gasteiger partial charge in [0.2, 0.25) is 12.1 Å². The predicted octanol–water partition coefficient (Wildman–Crippen LogP) is 1.01. The van der Waals surface area contributed by atoms with Crippen LogP contribution in [-0.4, -0.2) is 16.4 Å². The average Bonchev–Trinajstić information content (AvgIpc) is 2.78. The van der Waals surface area contributed by atoms with Crippen molar-refractivity contribution < 1.29 is 9.32 Å². The highest BCUT2D eigenvalue weighted by Crippen LogP contribution is 2.15. The number of rotatable bonds is 3. The molecule has 0 spiro atoms. The maximum absolute atomic E-state index is 10.3. The van der Waals surface area contributed by atoms with E-state index in [0.717, 1.165) is 11.1 Å². The van der Waals surface area contributed by atoms with Crippen molar-refractivity contribution in [2.24, 2.45) is 5.73 Å². The van der Waals surface area contributed by atoms with Crippen molar-refractivity contribution in [2.75, 3.05) is 0 Å². The van der Waals surface area contributed by atoms with E-state index in [-0.39, 0.29) is 5.89 Å². The van der Waals surface area contributed by atoms with Crippen LogP contribution >= 0.6 is 0 Å². The molecule has 0 fully saturated rings. The Hall–Kier alpha value is -2.01. The Morgan fingerprint density at radius 1 is 1.33 bits per heavy atom. The Kier molecular flexibility index (Phi) is 2.55. The fourth-order valence-electron chi connectivity index (χ4n) is 1.19. The van der Waals surface area contributed by atoms with Crippen molar-refractivity contribution in [1.29, 1.82) is 0 Å². The summed E-state index contributed by atoms with van der Waals surface area (Å²) in [5, 5.41) is 3.66. The molecule has 0 atom stereocenters. The molecule has 0 saturated carbocycles. The SMILES string of the molecule is NCc1ccc(-c2noc(C=O)n2)cc1. The molecule has 2 N–H and O–H groups in total. The van der Waals surface area contributed by atoms with Crippen molar-refractivity contribution in [3.05, 3.63) is 35.7 Å². The topological polar surface area (TPSA) is 82.0 Å². The zero-order valence-electron chi connectivity index (χ0n) is 7.88. The summed E-state index contributed by atoms with van der Waals surface area (Å²) in [4.78, 5) is 14.2. The molecule has 15 heavy (non-hydrogen) atoms. The summed E-state index contributed by atoms with van der Waals surface area (Å²) < 4.78 is 4.67. The third-order valence-corrected chi connectivity index (χ3v) is 1.99. The first-order valence-corrected chi connectivity index (χ1v) is 4.42. The molecule has 1 heterocycles. The average molecular weight is 203 g/mol. The maximum atomic E-state index is 10.3. The van der Waals surface area contributed by atoms with Gasteiger partial charge in [0.25, 0.3) is 5.89 Å². The maximum Gasteiger partial charge on any atom is 0.291 e. The van der Waals surface area contributed by atoms with E-state index in [9.17, 15) is 4.79 Å². The van der Waals surface area contributed by atoms with Crippen LogP contribution in [0.25, 0.3) is 11.4 Å². The lowest BCUT2D eigenvalue weighted by Gasteiger charge is -1.96. The molecule has 0 aliphatic heterocycles. The highest BCUT2D eigenvalue weighted by Gasteiger charge is 2.06. The Balaban J connectivity index is 2.32. The molecular weight excluding hydrogens is 194 g/mol. The van der Waals surface area contributed by atoms with Gasteiger partial charge in [-0.25, -0.2) is 0 Å². The normalized spacial score (nSPS) is 10.2. The van der Waals surface area contributed by atoms with Crippen molar-refractivity contribution in [3.8, 4) is 11.4 Å². The molecule has 5 nitrogen and oxygen atoms in total.